The normalized spacial score (nSPS) is 14.3. The van der Waals surface area contributed by atoms with Gasteiger partial charge in [-0.15, -0.1) is 11.8 Å². The zero-order valence-electron chi connectivity index (χ0n) is 15.0. The number of furan rings is 1. The average molecular weight is 454 g/mol. The molecule has 140 valence electrons. The monoisotopic (exact) mass is 453 g/mol. The van der Waals surface area contributed by atoms with Crippen LogP contribution in [0.5, 0.6) is 0 Å². The van der Waals surface area contributed by atoms with E-state index in [0.717, 1.165) is 21.4 Å². The van der Waals surface area contributed by atoms with Crippen LogP contribution in [0.2, 0.25) is 0 Å². The van der Waals surface area contributed by atoms with E-state index < -0.39 is 0 Å². The van der Waals surface area contributed by atoms with Crippen LogP contribution in [0.25, 0.3) is 5.57 Å². The highest BCUT2D eigenvalue weighted by molar-refractivity contribution is 9.10. The molecule has 0 bridgehead atoms. The quantitative estimate of drug-likeness (QED) is 0.473. The predicted molar refractivity (Wildman–Crippen MR) is 115 cm³/mol. The van der Waals surface area contributed by atoms with E-state index in [0.29, 0.717) is 21.9 Å². The van der Waals surface area contributed by atoms with E-state index in [4.69, 9.17) is 4.42 Å². The first kappa shape index (κ1) is 18.8. The van der Waals surface area contributed by atoms with Gasteiger partial charge >= 0.3 is 0 Å². The highest BCUT2D eigenvalue weighted by atomic mass is 79.9. The van der Waals surface area contributed by atoms with Crippen molar-refractivity contribution in [2.45, 2.75) is 12.7 Å². The Kier molecular flexibility index (Phi) is 5.24. The van der Waals surface area contributed by atoms with Crippen molar-refractivity contribution in [1.82, 2.24) is 0 Å². The Morgan fingerprint density at radius 2 is 1.68 bits per heavy atom. The summed E-state index contributed by atoms with van der Waals surface area (Å²) in [5, 5.41) is 0. The second-order valence-corrected chi connectivity index (χ2v) is 8.26. The van der Waals surface area contributed by atoms with E-state index in [1.807, 2.05) is 49.4 Å². The number of carbonyl (C=O) groups is 2. The highest BCUT2D eigenvalue weighted by Crippen LogP contribution is 2.39. The van der Waals surface area contributed by atoms with Crippen molar-refractivity contribution in [3.05, 3.63) is 93.2 Å². The smallest absolute Gasteiger partial charge is 0.272 e. The lowest BCUT2D eigenvalue weighted by Gasteiger charge is -2.15. The minimum absolute atomic E-state index is 0.306. The SMILES string of the molecule is Cc1ccc(C2=C(SCc3ccco3)C(=O)N(c3ccc(Br)cc3)C2=O)cc1. The van der Waals surface area contributed by atoms with Gasteiger partial charge in [-0.2, -0.15) is 0 Å². The summed E-state index contributed by atoms with van der Waals surface area (Å²) in [5.74, 6) is 0.617. The summed E-state index contributed by atoms with van der Waals surface area (Å²) in [6.07, 6.45) is 1.60. The zero-order valence-corrected chi connectivity index (χ0v) is 17.4. The van der Waals surface area contributed by atoms with Gasteiger partial charge in [-0.1, -0.05) is 45.8 Å². The molecule has 4 nitrogen and oxygen atoms in total. The lowest BCUT2D eigenvalue weighted by molar-refractivity contribution is -0.119. The van der Waals surface area contributed by atoms with Gasteiger partial charge in [0.25, 0.3) is 11.8 Å². The molecule has 6 heteroatoms. The van der Waals surface area contributed by atoms with Gasteiger partial charge in [0.1, 0.15) is 5.76 Å². The maximum Gasteiger partial charge on any atom is 0.272 e. The Bertz CT molecular complexity index is 1050. The number of rotatable bonds is 5. The number of hydrogen-bond acceptors (Lipinski definition) is 4. The molecule has 2 amide bonds. The van der Waals surface area contributed by atoms with Gasteiger partial charge in [-0.25, -0.2) is 4.90 Å². The summed E-state index contributed by atoms with van der Waals surface area (Å²) >= 11 is 4.71. The Balaban J connectivity index is 1.74. The lowest BCUT2D eigenvalue weighted by Crippen LogP contribution is -2.31. The van der Waals surface area contributed by atoms with Crippen LogP contribution in [0.4, 0.5) is 5.69 Å². The summed E-state index contributed by atoms with van der Waals surface area (Å²) in [6.45, 7) is 1.99. The number of nitrogens with zero attached hydrogens (tertiary/aromatic N) is 1. The number of aryl methyl sites for hydroxylation is 1. The topological polar surface area (TPSA) is 50.5 Å². The molecule has 1 aromatic heterocycles. The molecule has 0 unspecified atom stereocenters. The number of carbonyl (C=O) groups excluding carboxylic acids is 2. The largest absolute Gasteiger partial charge is 0.468 e. The minimum atomic E-state index is -0.307. The number of anilines is 1. The van der Waals surface area contributed by atoms with Crippen LogP contribution in [-0.4, -0.2) is 11.8 Å². The van der Waals surface area contributed by atoms with Gasteiger partial charge in [0.05, 0.1) is 28.2 Å². The number of amides is 2. The molecule has 2 aromatic carbocycles. The Morgan fingerprint density at radius 1 is 0.964 bits per heavy atom. The van der Waals surface area contributed by atoms with Crippen molar-refractivity contribution in [1.29, 1.82) is 0 Å². The summed E-state index contributed by atoms with van der Waals surface area (Å²) in [7, 11) is 0. The van der Waals surface area contributed by atoms with Crippen LogP contribution in [0, 0.1) is 6.92 Å². The molecule has 0 radical (unpaired) electrons. The maximum absolute atomic E-state index is 13.3. The highest BCUT2D eigenvalue weighted by Gasteiger charge is 2.40. The Morgan fingerprint density at radius 3 is 2.32 bits per heavy atom. The second kappa shape index (κ2) is 7.81. The molecule has 0 saturated carbocycles. The number of thioether (sulfide) groups is 1. The standard InChI is InChI=1S/C22H16BrNO3S/c1-14-4-6-15(7-5-14)19-20(28-13-18-3-2-12-27-18)22(26)24(21(19)25)17-10-8-16(23)9-11-17/h2-12H,13H2,1H3. The molecule has 4 rings (SSSR count). The van der Waals surface area contributed by atoms with Crippen molar-refractivity contribution in [2.24, 2.45) is 0 Å². The Labute approximate surface area is 175 Å². The van der Waals surface area contributed by atoms with Gasteiger partial charge in [0.2, 0.25) is 0 Å². The molecule has 0 fully saturated rings. The van der Waals surface area contributed by atoms with Gasteiger partial charge in [-0.05, 0) is 48.9 Å². The maximum atomic E-state index is 13.3. The third-order valence-corrected chi connectivity index (χ3v) is 6.03. The Hall–Kier alpha value is -2.57. The van der Waals surface area contributed by atoms with E-state index in [-0.39, 0.29) is 11.8 Å². The number of halogens is 1. The summed E-state index contributed by atoms with van der Waals surface area (Å²) in [4.78, 5) is 28.1. The number of benzene rings is 2. The van der Waals surface area contributed by atoms with Crippen LogP contribution < -0.4 is 4.90 Å². The molecule has 0 saturated heterocycles. The van der Waals surface area contributed by atoms with E-state index in [2.05, 4.69) is 15.9 Å². The predicted octanol–water partition coefficient (Wildman–Crippen LogP) is 5.57. The molecule has 1 aliphatic rings. The molecule has 2 heterocycles. The first-order valence-electron chi connectivity index (χ1n) is 8.65. The van der Waals surface area contributed by atoms with Crippen LogP contribution >= 0.6 is 27.7 Å². The molecule has 1 aliphatic heterocycles. The molecular weight excluding hydrogens is 438 g/mol. The van der Waals surface area contributed by atoms with Crippen LogP contribution in [0.3, 0.4) is 0 Å². The van der Waals surface area contributed by atoms with Crippen LogP contribution in [0.1, 0.15) is 16.9 Å². The third-order valence-electron chi connectivity index (χ3n) is 4.41. The van der Waals surface area contributed by atoms with Gasteiger partial charge in [0.15, 0.2) is 0 Å². The van der Waals surface area contributed by atoms with Crippen molar-refractivity contribution in [3.63, 3.8) is 0 Å². The van der Waals surface area contributed by atoms with Crippen molar-refractivity contribution < 1.29 is 14.0 Å². The van der Waals surface area contributed by atoms with Crippen molar-refractivity contribution >= 4 is 50.8 Å². The van der Waals surface area contributed by atoms with E-state index in [9.17, 15) is 9.59 Å². The summed E-state index contributed by atoms with van der Waals surface area (Å²) in [5.41, 5.74) is 2.82. The fourth-order valence-corrected chi connectivity index (χ4v) is 4.26. The fraction of sp³-hybridized carbons (Fsp3) is 0.0909. The number of hydrogen-bond donors (Lipinski definition) is 0. The molecule has 0 N–H and O–H groups in total. The first-order valence-corrected chi connectivity index (χ1v) is 10.4. The van der Waals surface area contributed by atoms with Crippen LogP contribution in [0.15, 0.2) is 80.7 Å². The van der Waals surface area contributed by atoms with Crippen molar-refractivity contribution in [2.75, 3.05) is 4.90 Å². The zero-order chi connectivity index (χ0) is 19.7. The summed E-state index contributed by atoms with van der Waals surface area (Å²) in [6, 6.07) is 18.5. The fourth-order valence-electron chi connectivity index (χ4n) is 2.98. The van der Waals surface area contributed by atoms with Crippen molar-refractivity contribution in [3.8, 4) is 0 Å². The first-order chi connectivity index (χ1) is 13.5. The van der Waals surface area contributed by atoms with E-state index in [1.54, 1.807) is 24.5 Å². The molecular formula is C22H16BrNO3S. The molecule has 0 atom stereocenters. The van der Waals surface area contributed by atoms with Gasteiger partial charge < -0.3 is 4.42 Å². The lowest BCUT2D eigenvalue weighted by atomic mass is 10.0. The number of imide groups is 1. The average Bonchev–Trinajstić information content (AvgIpc) is 3.28. The summed E-state index contributed by atoms with van der Waals surface area (Å²) < 4.78 is 6.26. The van der Waals surface area contributed by atoms with Gasteiger partial charge in [0, 0.05) is 4.47 Å². The van der Waals surface area contributed by atoms with E-state index >= 15 is 0 Å². The van der Waals surface area contributed by atoms with E-state index in [1.165, 1.54) is 16.7 Å². The van der Waals surface area contributed by atoms with Gasteiger partial charge in [-0.3, -0.25) is 9.59 Å². The third kappa shape index (κ3) is 3.57. The molecule has 3 aromatic rings. The molecule has 28 heavy (non-hydrogen) atoms. The molecule has 0 spiro atoms. The second-order valence-electron chi connectivity index (χ2n) is 6.36. The molecule has 0 aliphatic carbocycles. The minimum Gasteiger partial charge on any atom is -0.468 e. The van der Waals surface area contributed by atoms with Crippen LogP contribution in [-0.2, 0) is 15.3 Å².